The van der Waals surface area contributed by atoms with E-state index in [1.165, 1.54) is 70.9 Å². The fourth-order valence-electron chi connectivity index (χ4n) is 17.0. The van der Waals surface area contributed by atoms with Gasteiger partial charge in [0.1, 0.15) is 69.4 Å². The minimum absolute atomic E-state index is 0. The number of Topliss-reactive ketones (excluding diaryl/α,β-unsaturated/α-hetero) is 2. The van der Waals surface area contributed by atoms with Crippen molar-refractivity contribution in [2.45, 2.75) is 223 Å². The Balaban J connectivity index is 0.000000338. The van der Waals surface area contributed by atoms with E-state index in [-0.39, 0.29) is 174 Å². The van der Waals surface area contributed by atoms with Crippen molar-refractivity contribution in [1.82, 2.24) is 0 Å². The van der Waals surface area contributed by atoms with Gasteiger partial charge in [-0.2, -0.15) is 0 Å². The van der Waals surface area contributed by atoms with Crippen LogP contribution in [0.5, 0.6) is 28.7 Å². The molecule has 0 amide bonds. The number of aliphatic hydroxyl groups excluding tert-OH is 1. The zero-order valence-electron chi connectivity index (χ0n) is 66.4. The Morgan fingerprint density at radius 2 is 0.945 bits per heavy atom. The van der Waals surface area contributed by atoms with Crippen LogP contribution in [0.1, 0.15) is 207 Å². The van der Waals surface area contributed by atoms with Gasteiger partial charge < -0.3 is 56.1 Å². The summed E-state index contributed by atoms with van der Waals surface area (Å²) in [6.07, 6.45) is 27.3. The number of nitrogens with zero attached hydrogens (tertiary/aromatic N) is 1. The molecule has 0 saturated heterocycles. The van der Waals surface area contributed by atoms with Crippen LogP contribution in [0.4, 0.5) is 22.0 Å². The van der Waals surface area contributed by atoms with Gasteiger partial charge >= 0.3 is 51.4 Å². The van der Waals surface area contributed by atoms with Crippen molar-refractivity contribution in [1.29, 1.82) is 0 Å². The number of oxime groups is 1. The summed E-state index contributed by atoms with van der Waals surface area (Å²) in [4.78, 5) is 24.1. The Kier molecular flexibility index (Phi) is 40.9. The molecule has 8 bridgehead atoms. The van der Waals surface area contributed by atoms with E-state index >= 15 is 0 Å². The molecule has 0 aromatic heterocycles. The van der Waals surface area contributed by atoms with Crippen molar-refractivity contribution in [3.05, 3.63) is 182 Å². The Bertz CT molecular complexity index is 3970. The van der Waals surface area contributed by atoms with Crippen LogP contribution in [-0.4, -0.2) is 102 Å². The van der Waals surface area contributed by atoms with Crippen LogP contribution in [-0.2, 0) is 63.4 Å². The molecular weight excluding hydrogens is 1570 g/mol. The number of allylic oxidation sites excluding steroid dienone is 6. The summed E-state index contributed by atoms with van der Waals surface area (Å²) in [6.45, 7) is 16.9. The number of hydrogen-bond acceptors (Lipinski definition) is 15. The van der Waals surface area contributed by atoms with Crippen LogP contribution < -0.4 is 92.8 Å². The summed E-state index contributed by atoms with van der Waals surface area (Å²) in [7, 11) is 6.13. The summed E-state index contributed by atoms with van der Waals surface area (Å²) in [5.41, 5.74) is 19.8. The Morgan fingerprint density at radius 3 is 1.37 bits per heavy atom. The minimum Gasteiger partial charge on any atom is -0.850 e. The molecule has 606 valence electrons. The number of alkyl halides is 2. The predicted molar refractivity (Wildman–Crippen MR) is 430 cm³/mol. The molecule has 14 rings (SSSR count). The number of nitrogens with two attached hydrogens (primary N) is 3. The summed E-state index contributed by atoms with van der Waals surface area (Å²) >= 11 is 10.5. The van der Waals surface area contributed by atoms with E-state index in [9.17, 15) is 47.0 Å². The van der Waals surface area contributed by atoms with Gasteiger partial charge in [-0.3, -0.25) is 9.59 Å². The van der Waals surface area contributed by atoms with E-state index in [2.05, 4.69) is 43.1 Å². The second kappa shape index (κ2) is 45.1. The van der Waals surface area contributed by atoms with Crippen LogP contribution in [0.2, 0.25) is 0 Å². The van der Waals surface area contributed by atoms with Gasteiger partial charge in [-0.15, -0.1) is 58.2 Å². The molecule has 11 atom stereocenters. The normalized spacial score (nSPS) is 25.9. The standard InChI is InChI=1S/C16H18FNO2.C16H22FNO.C16H17FO2.C15H20FNO.C12H13FO2.C4H6Cl2.C4H9O.C2H6O.BrH.ClH.K.H3NO/c1-16-6-4-3-5-10(15(16)18-19)7-12-13(16)8-11(20-2)9-14(12)17;2*1-16-6-4-3-5-10(15(16)18)7-12-13(16)8-11(19-2)9-14(12)17;1-15-5-3-2-4-9(14(15)17)6-11-12(15)7-10(18)8-13(11)16;1-7-10-5-8(15-2)6-11(13)9(10)3-4-12(7)14;5-3-1-2-4-6;1-4(2,3)5;1-2-3;;;;1-2/h3-4,8-10,19H,5-7H2,1-2H3;8-10,15H,3-7,18H2,1-2H3;3-4,8-10H,5-7H2,1-2H3;7-9,14,18H,2-6,17H2,1H3;5-7H,3-4H2,1-2H3;1-2H,3-4H2;1-3H3;3H,2H2,1H3;2*1H;;2H,1H2/q;;;;;;-1;;;;+1;/b18-15-;;;;;2-1-;;;;;;. The van der Waals surface area contributed by atoms with E-state index in [0.29, 0.717) is 96.2 Å². The number of carbonyl (C=O) groups excluding carboxylic acids is 2. The minimum atomic E-state index is -0.750. The Morgan fingerprint density at radius 1 is 0.582 bits per heavy atom. The van der Waals surface area contributed by atoms with Crippen LogP contribution in [0.3, 0.4) is 0 Å². The number of phenolic OH excluding ortho intramolecular Hbond substituents is 1. The molecule has 0 aliphatic heterocycles. The smallest absolute Gasteiger partial charge is 0.850 e. The van der Waals surface area contributed by atoms with E-state index in [0.717, 1.165) is 108 Å². The molecule has 0 heterocycles. The fourth-order valence-corrected chi connectivity index (χ4v) is 17.2. The molecule has 110 heavy (non-hydrogen) atoms. The summed E-state index contributed by atoms with van der Waals surface area (Å²) in [5, 5.41) is 46.8. The molecule has 9 aliphatic rings. The number of carbonyl (C=O) groups is 2. The molecule has 9 aliphatic carbocycles. The summed E-state index contributed by atoms with van der Waals surface area (Å²) in [5.74, 6) is 6.56. The fraction of sp³-hybridized carbons (Fsp3) is 0.541. The van der Waals surface area contributed by atoms with Gasteiger partial charge in [0.25, 0.3) is 0 Å². The molecule has 5 aromatic rings. The quantitative estimate of drug-likeness (QED) is 0.0208. The molecule has 5 aromatic carbocycles. The van der Waals surface area contributed by atoms with Gasteiger partial charge in [-0.1, -0.05) is 109 Å². The second-order valence-electron chi connectivity index (χ2n) is 30.9. The third-order valence-corrected chi connectivity index (χ3v) is 23.1. The third kappa shape index (κ3) is 23.9. The number of ether oxygens (including phenoxy) is 4. The maximum Gasteiger partial charge on any atom is 1.00 e. The van der Waals surface area contributed by atoms with Crippen molar-refractivity contribution >= 4 is 69.9 Å². The zero-order chi connectivity index (χ0) is 79.5. The van der Waals surface area contributed by atoms with Crippen molar-refractivity contribution in [2.75, 3.05) is 46.8 Å². The number of methoxy groups -OCH3 is 4. The largest absolute Gasteiger partial charge is 1.00 e. The molecule has 11 unspecified atom stereocenters. The first kappa shape index (κ1) is 99.7. The zero-order valence-corrected chi connectivity index (χ0v) is 73.6. The van der Waals surface area contributed by atoms with E-state index in [1.807, 2.05) is 57.2 Å². The van der Waals surface area contributed by atoms with Crippen molar-refractivity contribution in [2.24, 2.45) is 46.2 Å². The van der Waals surface area contributed by atoms with Gasteiger partial charge in [0, 0.05) is 101 Å². The maximum absolute atomic E-state index is 14.4. The Labute approximate surface area is 717 Å². The number of aromatic hydroxyl groups is 1. The monoisotopic (exact) mass is 1690 g/mol. The molecule has 2 saturated carbocycles. The van der Waals surface area contributed by atoms with E-state index in [1.54, 1.807) is 46.9 Å². The maximum atomic E-state index is 14.4. The number of fused-ring (bicyclic) bond motifs is 17. The molecule has 0 radical (unpaired) electrons. The topological polar surface area (TPSA) is 265 Å². The number of rotatable bonds is 6. The average molecular weight is 1690 g/mol. The third-order valence-electron chi connectivity index (χ3n) is 22.7. The van der Waals surface area contributed by atoms with Crippen molar-refractivity contribution in [3.8, 4) is 28.7 Å². The predicted octanol–water partition coefficient (Wildman–Crippen LogP) is 14.6. The SMILES string of the molecule is Br.CC(C)(C)[O-].CC12CCCCC(Cc3c(F)cc(O)cc31)C2N.CCO.COc1cc(F)c2c(c1)C(C)C(=O)CC2.COc1cc(F)c2c(c1)C1(C)CC=CCC(C2)/C1=N/O.COc1cc(F)c2c(c1)C1(C)CC=CCC(C2)C1=O.COc1cc(F)c2c(c1)C1(C)CCCCC(C2)C1N.Cl.ClC/C=C\CCl.NO.[K+]. The first-order chi connectivity index (χ1) is 50.7. The molecular formula is C85H116BrCl3F5KN4O11. The average Bonchev–Trinajstić information content (AvgIpc) is 1.27. The van der Waals surface area contributed by atoms with Crippen LogP contribution in [0.25, 0.3) is 0 Å². The van der Waals surface area contributed by atoms with Crippen LogP contribution in [0.15, 0.2) is 102 Å². The van der Waals surface area contributed by atoms with Gasteiger partial charge in [-0.05, 0) is 202 Å². The van der Waals surface area contributed by atoms with Gasteiger partial charge in [-0.25, -0.2) is 27.8 Å². The molecule has 25 heteroatoms. The first-order valence-electron chi connectivity index (χ1n) is 37.1. The number of hydrogen-bond donors (Lipinski definition) is 7. The second-order valence-corrected chi connectivity index (χ2v) is 31.5. The number of halogens is 9. The summed E-state index contributed by atoms with van der Waals surface area (Å²) in [6, 6.07) is 16.4. The van der Waals surface area contributed by atoms with Gasteiger partial charge in [0.15, 0.2) is 0 Å². The van der Waals surface area contributed by atoms with Gasteiger partial charge in [0.2, 0.25) is 0 Å². The number of benzene rings is 5. The summed E-state index contributed by atoms with van der Waals surface area (Å²) < 4.78 is 91.2. The van der Waals surface area contributed by atoms with E-state index in [4.69, 9.17) is 63.9 Å². The molecule has 0 spiro atoms. The van der Waals surface area contributed by atoms with Gasteiger partial charge in [0.05, 0.1) is 39.6 Å². The van der Waals surface area contributed by atoms with E-state index < -0.39 is 16.4 Å². The van der Waals surface area contributed by atoms with Crippen molar-refractivity contribution < 1.29 is 128 Å². The number of phenols is 1. The van der Waals surface area contributed by atoms with Crippen molar-refractivity contribution in [3.63, 3.8) is 0 Å². The molecule has 15 nitrogen and oxygen atoms in total. The number of aliphatic hydroxyl groups is 1. The first-order valence-corrected chi connectivity index (χ1v) is 38.2. The van der Waals surface area contributed by atoms with Crippen LogP contribution in [0, 0.1) is 52.8 Å². The molecule has 10 N–H and O–H groups in total. The number of ketones is 2. The van der Waals surface area contributed by atoms with Crippen LogP contribution >= 0.6 is 52.6 Å². The Hall–Kier alpha value is -4.47. The molecule has 2 fully saturated rings.